The van der Waals surface area contributed by atoms with Crippen LogP contribution in [0.3, 0.4) is 0 Å². The fourth-order valence-corrected chi connectivity index (χ4v) is 3.09. The van der Waals surface area contributed by atoms with Crippen molar-refractivity contribution >= 4 is 5.91 Å². The Balaban J connectivity index is 1.66. The van der Waals surface area contributed by atoms with Crippen LogP contribution < -0.4 is 5.32 Å². The van der Waals surface area contributed by atoms with Crippen LogP contribution in [0.1, 0.15) is 27.0 Å². The van der Waals surface area contributed by atoms with Crippen LogP contribution in [0.15, 0.2) is 42.5 Å². The second-order valence-corrected chi connectivity index (χ2v) is 6.21. The van der Waals surface area contributed by atoms with E-state index in [-0.39, 0.29) is 17.8 Å². The molecule has 0 radical (unpaired) electrons. The second-order valence-electron chi connectivity index (χ2n) is 6.21. The van der Waals surface area contributed by atoms with E-state index in [0.29, 0.717) is 12.1 Å². The van der Waals surface area contributed by atoms with Crippen molar-refractivity contribution in [3.63, 3.8) is 0 Å². The van der Waals surface area contributed by atoms with Crippen molar-refractivity contribution in [3.05, 3.63) is 70.5 Å². The number of carbonyl (C=O) groups excluding carboxylic acids is 1. The number of likely N-dealkylation sites (N-methyl/N-ethyl adjacent to an activating group) is 1. The lowest BCUT2D eigenvalue weighted by Gasteiger charge is -2.34. The van der Waals surface area contributed by atoms with Crippen LogP contribution in [-0.2, 0) is 13.0 Å². The molecule has 0 fully saturated rings. The van der Waals surface area contributed by atoms with Crippen molar-refractivity contribution < 1.29 is 9.18 Å². The average Bonchev–Trinajstić information content (AvgIpc) is 2.54. The lowest BCUT2D eigenvalue weighted by atomic mass is 9.94. The van der Waals surface area contributed by atoms with Gasteiger partial charge in [0, 0.05) is 24.7 Å². The molecule has 0 spiro atoms. The quantitative estimate of drug-likeness (QED) is 0.945. The molecule has 3 rings (SSSR count). The Labute approximate surface area is 136 Å². The van der Waals surface area contributed by atoms with Crippen molar-refractivity contribution in [1.29, 1.82) is 0 Å². The molecule has 2 aromatic rings. The summed E-state index contributed by atoms with van der Waals surface area (Å²) in [5.41, 5.74) is 3.88. The molecule has 0 saturated carbocycles. The van der Waals surface area contributed by atoms with Crippen molar-refractivity contribution in [2.45, 2.75) is 25.9 Å². The Hall–Kier alpha value is -2.20. The van der Waals surface area contributed by atoms with Crippen LogP contribution in [-0.4, -0.2) is 30.4 Å². The summed E-state index contributed by atoms with van der Waals surface area (Å²) in [5, 5.41) is 2.95. The lowest BCUT2D eigenvalue weighted by Crippen LogP contribution is -2.45. The number of amides is 1. The molecule has 1 aliphatic heterocycles. The van der Waals surface area contributed by atoms with Crippen molar-refractivity contribution in [2.75, 3.05) is 13.6 Å². The molecular weight excluding hydrogens is 291 g/mol. The van der Waals surface area contributed by atoms with Gasteiger partial charge in [-0.15, -0.1) is 0 Å². The molecule has 1 heterocycles. The van der Waals surface area contributed by atoms with E-state index < -0.39 is 0 Å². The molecule has 4 heteroatoms. The van der Waals surface area contributed by atoms with Crippen LogP contribution >= 0.6 is 0 Å². The number of halogens is 1. The van der Waals surface area contributed by atoms with Gasteiger partial charge in [-0.3, -0.25) is 9.69 Å². The molecule has 120 valence electrons. The van der Waals surface area contributed by atoms with E-state index in [1.54, 1.807) is 6.07 Å². The van der Waals surface area contributed by atoms with Gasteiger partial charge in [-0.2, -0.15) is 0 Å². The van der Waals surface area contributed by atoms with E-state index in [2.05, 4.69) is 41.5 Å². The molecule has 1 atom stereocenters. The number of fused-ring (bicyclic) bond motifs is 1. The Morgan fingerprint density at radius 3 is 2.78 bits per heavy atom. The van der Waals surface area contributed by atoms with Gasteiger partial charge >= 0.3 is 0 Å². The largest absolute Gasteiger partial charge is 0.350 e. The highest BCUT2D eigenvalue weighted by Crippen LogP contribution is 2.21. The third-order valence-electron chi connectivity index (χ3n) is 4.56. The summed E-state index contributed by atoms with van der Waals surface area (Å²) in [6.45, 7) is 3.26. The third-order valence-corrected chi connectivity index (χ3v) is 4.56. The van der Waals surface area contributed by atoms with Crippen LogP contribution in [0, 0.1) is 12.7 Å². The van der Waals surface area contributed by atoms with Crippen molar-refractivity contribution in [3.8, 4) is 0 Å². The Morgan fingerprint density at radius 2 is 2.00 bits per heavy atom. The van der Waals surface area contributed by atoms with E-state index in [4.69, 9.17) is 0 Å². The Morgan fingerprint density at radius 1 is 1.26 bits per heavy atom. The van der Waals surface area contributed by atoms with E-state index in [1.807, 2.05) is 6.92 Å². The average molecular weight is 312 g/mol. The minimum Gasteiger partial charge on any atom is -0.350 e. The van der Waals surface area contributed by atoms with Crippen LogP contribution in [0.5, 0.6) is 0 Å². The first-order chi connectivity index (χ1) is 11.0. The summed E-state index contributed by atoms with van der Waals surface area (Å²) < 4.78 is 13.3. The van der Waals surface area contributed by atoms with Crippen LogP contribution in [0.2, 0.25) is 0 Å². The maximum Gasteiger partial charge on any atom is 0.251 e. The lowest BCUT2D eigenvalue weighted by molar-refractivity contribution is 0.0933. The summed E-state index contributed by atoms with van der Waals surface area (Å²) in [6, 6.07) is 13.0. The highest BCUT2D eigenvalue weighted by molar-refractivity contribution is 5.95. The van der Waals surface area contributed by atoms with E-state index >= 15 is 0 Å². The number of hydrogen-bond acceptors (Lipinski definition) is 2. The summed E-state index contributed by atoms with van der Waals surface area (Å²) in [7, 11) is 2.07. The number of nitrogens with zero attached hydrogens (tertiary/aromatic N) is 1. The van der Waals surface area contributed by atoms with Gasteiger partial charge in [0.25, 0.3) is 5.91 Å². The normalized spacial score (nSPS) is 17.6. The molecule has 0 aliphatic carbocycles. The number of benzene rings is 2. The predicted molar refractivity (Wildman–Crippen MR) is 88.9 cm³/mol. The van der Waals surface area contributed by atoms with Crippen molar-refractivity contribution in [2.24, 2.45) is 0 Å². The van der Waals surface area contributed by atoms with Crippen LogP contribution in [0.4, 0.5) is 4.39 Å². The second kappa shape index (κ2) is 6.50. The van der Waals surface area contributed by atoms with E-state index in [9.17, 15) is 9.18 Å². The summed E-state index contributed by atoms with van der Waals surface area (Å²) >= 11 is 0. The topological polar surface area (TPSA) is 32.3 Å². The fraction of sp³-hybridized carbons (Fsp3) is 0.316. The molecular formula is C19H21FN2O. The summed E-state index contributed by atoms with van der Waals surface area (Å²) in [5.74, 6) is -0.598. The van der Waals surface area contributed by atoms with Gasteiger partial charge in [0.1, 0.15) is 5.82 Å². The first-order valence-corrected chi connectivity index (χ1v) is 7.86. The first kappa shape index (κ1) is 15.7. The molecule has 2 aromatic carbocycles. The molecule has 1 aliphatic rings. The minimum atomic E-state index is -0.385. The zero-order chi connectivity index (χ0) is 16.4. The molecule has 23 heavy (non-hydrogen) atoms. The monoisotopic (exact) mass is 312 g/mol. The number of aryl methyl sites for hydroxylation is 1. The number of hydrogen-bond donors (Lipinski definition) is 1. The molecule has 0 bridgehead atoms. The zero-order valence-corrected chi connectivity index (χ0v) is 13.5. The molecule has 0 saturated heterocycles. The predicted octanol–water partition coefficient (Wildman–Crippen LogP) is 2.92. The van der Waals surface area contributed by atoms with Gasteiger partial charge < -0.3 is 5.32 Å². The highest BCUT2D eigenvalue weighted by Gasteiger charge is 2.23. The Kier molecular flexibility index (Phi) is 4.44. The van der Waals surface area contributed by atoms with Crippen molar-refractivity contribution in [1.82, 2.24) is 10.2 Å². The highest BCUT2D eigenvalue weighted by atomic mass is 19.1. The zero-order valence-electron chi connectivity index (χ0n) is 13.5. The molecule has 1 N–H and O–H groups in total. The fourth-order valence-electron chi connectivity index (χ4n) is 3.09. The number of carbonyl (C=O) groups is 1. The third kappa shape index (κ3) is 3.42. The minimum absolute atomic E-state index is 0.214. The number of rotatable bonds is 3. The smallest absolute Gasteiger partial charge is 0.251 e. The summed E-state index contributed by atoms with van der Waals surface area (Å²) in [6.07, 6.45) is 0.912. The van der Waals surface area contributed by atoms with Gasteiger partial charge in [0.05, 0.1) is 0 Å². The standard InChI is InChI=1S/C19H21FN2O/c1-13-7-8-16(20)10-18(13)19(23)21-11-17-9-14-5-3-4-6-15(14)12-22(17)2/h3-8,10,17H,9,11-12H2,1-2H3,(H,21,23). The maximum absolute atomic E-state index is 13.3. The molecule has 3 nitrogen and oxygen atoms in total. The van der Waals surface area contributed by atoms with Gasteiger partial charge in [0.2, 0.25) is 0 Å². The van der Waals surface area contributed by atoms with Crippen LogP contribution in [0.25, 0.3) is 0 Å². The van der Waals surface area contributed by atoms with E-state index in [0.717, 1.165) is 18.5 Å². The first-order valence-electron chi connectivity index (χ1n) is 7.86. The Bertz CT molecular complexity index is 729. The SMILES string of the molecule is Cc1ccc(F)cc1C(=O)NCC1Cc2ccccc2CN1C. The molecule has 1 amide bonds. The molecule has 1 unspecified atom stereocenters. The maximum atomic E-state index is 13.3. The van der Waals surface area contributed by atoms with Gasteiger partial charge in [-0.05, 0) is 49.2 Å². The van der Waals surface area contributed by atoms with Gasteiger partial charge in [-0.25, -0.2) is 4.39 Å². The van der Waals surface area contributed by atoms with Gasteiger partial charge in [0.15, 0.2) is 0 Å². The number of nitrogens with one attached hydrogen (secondary N) is 1. The summed E-state index contributed by atoms with van der Waals surface area (Å²) in [4.78, 5) is 14.6. The van der Waals surface area contributed by atoms with E-state index in [1.165, 1.54) is 23.3 Å². The van der Waals surface area contributed by atoms with Gasteiger partial charge in [-0.1, -0.05) is 30.3 Å². The molecule has 0 aromatic heterocycles.